The number of rotatable bonds is 5. The van der Waals surface area contributed by atoms with Crippen molar-refractivity contribution in [3.8, 4) is 17.0 Å². The number of fused-ring (bicyclic) bond motifs is 1. The molecule has 3 nitrogen and oxygen atoms in total. The normalized spacial score (nSPS) is 10.8. The number of halogens is 1. The molecule has 3 aromatic carbocycles. The summed E-state index contributed by atoms with van der Waals surface area (Å²) in [5, 5.41) is 0.715. The highest BCUT2D eigenvalue weighted by atomic mass is 19.1. The number of aromatic nitrogens is 1. The number of benzene rings is 3. The van der Waals surface area contributed by atoms with E-state index in [4.69, 9.17) is 4.74 Å². The molecule has 0 aliphatic rings. The topological polar surface area (TPSA) is 39.2 Å². The molecule has 4 heteroatoms. The third kappa shape index (κ3) is 4.07. The molecule has 0 aliphatic heterocycles. The van der Waals surface area contributed by atoms with E-state index in [9.17, 15) is 9.18 Å². The number of nitrogens with zero attached hydrogens (tertiary/aromatic N) is 1. The standard InChI is InChI=1S/C24H18FNO2/c25-19-12-13-22-21(16-19)18(15-23(26-22)17-7-3-1-4-8-17)11-14-24(27)28-20-9-5-2-6-10-20/h1-10,12-13,15-16H,11,14H2. The molecule has 28 heavy (non-hydrogen) atoms. The van der Waals surface area contributed by atoms with E-state index in [1.165, 1.54) is 12.1 Å². The summed E-state index contributed by atoms with van der Waals surface area (Å²) in [5.74, 6) is -0.133. The number of hydrogen-bond acceptors (Lipinski definition) is 3. The second-order valence-corrected chi connectivity index (χ2v) is 6.48. The fourth-order valence-corrected chi connectivity index (χ4v) is 3.14. The Balaban J connectivity index is 1.63. The van der Waals surface area contributed by atoms with Crippen LogP contribution in [0.3, 0.4) is 0 Å². The molecule has 0 radical (unpaired) electrons. The molecule has 0 N–H and O–H groups in total. The first-order chi connectivity index (χ1) is 13.7. The highest BCUT2D eigenvalue weighted by Gasteiger charge is 2.12. The minimum absolute atomic E-state index is 0.193. The summed E-state index contributed by atoms with van der Waals surface area (Å²) in [6.07, 6.45) is 0.632. The van der Waals surface area contributed by atoms with Crippen LogP contribution >= 0.6 is 0 Å². The largest absolute Gasteiger partial charge is 0.427 e. The van der Waals surface area contributed by atoms with Gasteiger partial charge in [-0.25, -0.2) is 9.37 Å². The van der Waals surface area contributed by atoms with Crippen molar-refractivity contribution in [3.63, 3.8) is 0 Å². The first-order valence-corrected chi connectivity index (χ1v) is 9.09. The van der Waals surface area contributed by atoms with Crippen LogP contribution in [0.1, 0.15) is 12.0 Å². The predicted octanol–water partition coefficient (Wildman–Crippen LogP) is 5.58. The Hall–Kier alpha value is -3.53. The molecule has 0 aliphatic carbocycles. The van der Waals surface area contributed by atoms with Crippen molar-refractivity contribution < 1.29 is 13.9 Å². The number of pyridine rings is 1. The van der Waals surface area contributed by atoms with Gasteiger partial charge < -0.3 is 4.74 Å². The van der Waals surface area contributed by atoms with Gasteiger partial charge in [0.2, 0.25) is 0 Å². The fourth-order valence-electron chi connectivity index (χ4n) is 3.14. The van der Waals surface area contributed by atoms with Gasteiger partial charge in [0.25, 0.3) is 0 Å². The maximum atomic E-state index is 13.8. The molecule has 0 fully saturated rings. The van der Waals surface area contributed by atoms with E-state index >= 15 is 0 Å². The van der Waals surface area contributed by atoms with E-state index in [0.29, 0.717) is 23.1 Å². The number of carbonyl (C=O) groups is 1. The monoisotopic (exact) mass is 371 g/mol. The number of carbonyl (C=O) groups excluding carboxylic acids is 1. The Morgan fingerprint density at radius 2 is 1.61 bits per heavy atom. The Morgan fingerprint density at radius 3 is 2.36 bits per heavy atom. The number of hydrogen-bond donors (Lipinski definition) is 0. The van der Waals surface area contributed by atoms with E-state index < -0.39 is 0 Å². The summed E-state index contributed by atoms with van der Waals surface area (Å²) < 4.78 is 19.2. The second-order valence-electron chi connectivity index (χ2n) is 6.48. The molecular weight excluding hydrogens is 353 g/mol. The Kier molecular flexibility index (Phi) is 5.11. The Labute approximate surface area is 162 Å². The van der Waals surface area contributed by atoms with Crippen LogP contribution in [-0.2, 0) is 11.2 Å². The van der Waals surface area contributed by atoms with Gasteiger partial charge in [-0.1, -0.05) is 48.5 Å². The van der Waals surface area contributed by atoms with Crippen LogP contribution in [0.25, 0.3) is 22.2 Å². The van der Waals surface area contributed by atoms with Gasteiger partial charge in [-0.15, -0.1) is 0 Å². The maximum Gasteiger partial charge on any atom is 0.311 e. The predicted molar refractivity (Wildman–Crippen MR) is 108 cm³/mol. The van der Waals surface area contributed by atoms with E-state index in [1.807, 2.05) is 54.6 Å². The SMILES string of the molecule is O=C(CCc1cc(-c2ccccc2)nc2ccc(F)cc12)Oc1ccccc1. The number of esters is 1. The van der Waals surface area contributed by atoms with Gasteiger partial charge in [0.1, 0.15) is 11.6 Å². The molecule has 1 aromatic heterocycles. The Bertz CT molecular complexity index is 1110. The molecule has 4 aromatic rings. The number of aryl methyl sites for hydroxylation is 1. The van der Waals surface area contributed by atoms with Crippen molar-refractivity contribution >= 4 is 16.9 Å². The van der Waals surface area contributed by atoms with Crippen LogP contribution in [0.15, 0.2) is 84.9 Å². The smallest absolute Gasteiger partial charge is 0.311 e. The molecule has 0 amide bonds. The molecule has 0 bridgehead atoms. The number of ether oxygens (including phenoxy) is 1. The molecule has 0 atom stereocenters. The lowest BCUT2D eigenvalue weighted by Gasteiger charge is -2.10. The average molecular weight is 371 g/mol. The van der Waals surface area contributed by atoms with Crippen molar-refractivity contribution in [1.82, 2.24) is 4.98 Å². The molecule has 4 rings (SSSR count). The van der Waals surface area contributed by atoms with Gasteiger partial charge >= 0.3 is 5.97 Å². The van der Waals surface area contributed by atoms with E-state index in [2.05, 4.69) is 4.98 Å². The lowest BCUT2D eigenvalue weighted by Crippen LogP contribution is -2.09. The van der Waals surface area contributed by atoms with Crippen LogP contribution < -0.4 is 4.74 Å². The van der Waals surface area contributed by atoms with E-state index in [0.717, 1.165) is 16.8 Å². The zero-order valence-electron chi connectivity index (χ0n) is 15.1. The third-order valence-corrected chi connectivity index (χ3v) is 4.50. The van der Waals surface area contributed by atoms with Gasteiger partial charge in [0.05, 0.1) is 17.6 Å². The molecule has 0 saturated carbocycles. The summed E-state index contributed by atoms with van der Waals surface area (Å²) in [6, 6.07) is 25.2. The summed E-state index contributed by atoms with van der Waals surface area (Å²) in [6.45, 7) is 0. The van der Waals surface area contributed by atoms with Gasteiger partial charge in [0, 0.05) is 10.9 Å². The van der Waals surface area contributed by atoms with E-state index in [-0.39, 0.29) is 18.2 Å². The van der Waals surface area contributed by atoms with Gasteiger partial charge in [-0.2, -0.15) is 0 Å². The highest BCUT2D eigenvalue weighted by Crippen LogP contribution is 2.26. The minimum atomic E-state index is -0.325. The average Bonchev–Trinajstić information content (AvgIpc) is 2.73. The molecular formula is C24H18FNO2. The van der Waals surface area contributed by atoms with Crippen molar-refractivity contribution in [2.75, 3.05) is 0 Å². The molecule has 0 unspecified atom stereocenters. The zero-order chi connectivity index (χ0) is 19.3. The number of para-hydroxylation sites is 1. The summed E-state index contributed by atoms with van der Waals surface area (Å²) in [5.41, 5.74) is 3.34. The Morgan fingerprint density at radius 1 is 0.893 bits per heavy atom. The molecule has 138 valence electrons. The molecule has 1 heterocycles. The third-order valence-electron chi connectivity index (χ3n) is 4.50. The molecule has 0 spiro atoms. The lowest BCUT2D eigenvalue weighted by molar-refractivity contribution is -0.134. The van der Waals surface area contributed by atoms with Gasteiger partial charge in [-0.05, 0) is 48.4 Å². The van der Waals surface area contributed by atoms with Gasteiger partial charge in [0.15, 0.2) is 0 Å². The molecule has 0 saturated heterocycles. The first-order valence-electron chi connectivity index (χ1n) is 9.09. The van der Waals surface area contributed by atoms with Crippen LogP contribution in [0.5, 0.6) is 5.75 Å². The van der Waals surface area contributed by atoms with E-state index in [1.54, 1.807) is 18.2 Å². The lowest BCUT2D eigenvalue weighted by atomic mass is 10.0. The highest BCUT2D eigenvalue weighted by molar-refractivity contribution is 5.86. The van der Waals surface area contributed by atoms with Crippen molar-refractivity contribution in [2.45, 2.75) is 12.8 Å². The van der Waals surface area contributed by atoms with Crippen molar-refractivity contribution in [2.24, 2.45) is 0 Å². The first kappa shape index (κ1) is 17.9. The summed E-state index contributed by atoms with van der Waals surface area (Å²) in [4.78, 5) is 16.9. The summed E-state index contributed by atoms with van der Waals surface area (Å²) in [7, 11) is 0. The quantitative estimate of drug-likeness (QED) is 0.340. The maximum absolute atomic E-state index is 13.8. The van der Waals surface area contributed by atoms with Crippen LogP contribution in [0.2, 0.25) is 0 Å². The van der Waals surface area contributed by atoms with Crippen LogP contribution in [0, 0.1) is 5.82 Å². The second kappa shape index (κ2) is 8.01. The van der Waals surface area contributed by atoms with Gasteiger partial charge in [-0.3, -0.25) is 4.79 Å². The summed E-state index contributed by atoms with van der Waals surface area (Å²) >= 11 is 0. The van der Waals surface area contributed by atoms with Crippen LogP contribution in [-0.4, -0.2) is 11.0 Å². The van der Waals surface area contributed by atoms with Crippen LogP contribution in [0.4, 0.5) is 4.39 Å². The minimum Gasteiger partial charge on any atom is -0.427 e. The fraction of sp³-hybridized carbons (Fsp3) is 0.0833. The zero-order valence-corrected chi connectivity index (χ0v) is 15.1. The van der Waals surface area contributed by atoms with Crippen molar-refractivity contribution in [1.29, 1.82) is 0 Å². The van der Waals surface area contributed by atoms with Crippen molar-refractivity contribution in [3.05, 3.63) is 96.3 Å².